The first kappa shape index (κ1) is 19.6. The highest BCUT2D eigenvalue weighted by Crippen LogP contribution is 2.37. The van der Waals surface area contributed by atoms with Crippen LogP contribution in [0, 0.1) is 13.8 Å². The lowest BCUT2D eigenvalue weighted by atomic mass is 10.0. The molecule has 0 fully saturated rings. The number of nitrogens with one attached hydrogen (secondary N) is 1. The molecule has 0 saturated carbocycles. The number of benzene rings is 2. The molecular formula is C22H21NO4S. The first-order valence-corrected chi connectivity index (χ1v) is 9.55. The normalized spacial score (nSPS) is 10.4. The molecule has 2 aromatic carbocycles. The first-order valence-electron chi connectivity index (χ1n) is 8.67. The van der Waals surface area contributed by atoms with Gasteiger partial charge in [0, 0.05) is 16.5 Å². The van der Waals surface area contributed by atoms with Crippen LogP contribution in [0.25, 0.3) is 11.1 Å². The molecule has 0 aliphatic rings. The van der Waals surface area contributed by atoms with Gasteiger partial charge >= 0.3 is 5.97 Å². The van der Waals surface area contributed by atoms with Crippen molar-refractivity contribution in [2.75, 3.05) is 19.5 Å². The minimum atomic E-state index is -0.498. The number of anilines is 1. The average molecular weight is 395 g/mol. The Morgan fingerprint density at radius 3 is 2.29 bits per heavy atom. The van der Waals surface area contributed by atoms with Crippen LogP contribution in [0.3, 0.4) is 0 Å². The summed E-state index contributed by atoms with van der Waals surface area (Å²) in [5.74, 6) is -0.0410. The molecule has 1 amide bonds. The summed E-state index contributed by atoms with van der Waals surface area (Å²) < 4.78 is 10.1. The van der Waals surface area contributed by atoms with E-state index in [-0.39, 0.29) is 5.91 Å². The fourth-order valence-corrected chi connectivity index (χ4v) is 3.75. The maximum absolute atomic E-state index is 12.7. The van der Waals surface area contributed by atoms with Crippen LogP contribution >= 0.6 is 11.3 Å². The number of ether oxygens (including phenoxy) is 2. The highest BCUT2D eigenvalue weighted by atomic mass is 32.1. The molecule has 0 bridgehead atoms. The molecule has 0 aliphatic heterocycles. The highest BCUT2D eigenvalue weighted by molar-refractivity contribution is 7.15. The molecule has 144 valence electrons. The van der Waals surface area contributed by atoms with E-state index < -0.39 is 5.97 Å². The summed E-state index contributed by atoms with van der Waals surface area (Å²) in [6, 6.07) is 12.9. The third-order valence-electron chi connectivity index (χ3n) is 4.58. The quantitative estimate of drug-likeness (QED) is 0.612. The summed E-state index contributed by atoms with van der Waals surface area (Å²) in [7, 11) is 2.92. The van der Waals surface area contributed by atoms with Gasteiger partial charge in [-0.2, -0.15) is 0 Å². The van der Waals surface area contributed by atoms with Crippen LogP contribution in [0.15, 0.2) is 47.8 Å². The van der Waals surface area contributed by atoms with Gasteiger partial charge in [-0.1, -0.05) is 18.2 Å². The third-order valence-corrected chi connectivity index (χ3v) is 5.47. The Labute approximate surface area is 167 Å². The third kappa shape index (κ3) is 3.92. The minimum absolute atomic E-state index is 0.267. The van der Waals surface area contributed by atoms with Crippen molar-refractivity contribution in [3.8, 4) is 16.9 Å². The molecule has 0 saturated heterocycles. The SMILES string of the molecule is COC(=O)c1c(-c2ccc(OC)cc2)csc1NC(=O)c1ccc(C)c(C)c1. The van der Waals surface area contributed by atoms with Crippen molar-refractivity contribution < 1.29 is 19.1 Å². The molecule has 3 rings (SSSR count). The second kappa shape index (κ2) is 8.27. The van der Waals surface area contributed by atoms with Crippen molar-refractivity contribution in [3.63, 3.8) is 0 Å². The Morgan fingerprint density at radius 2 is 1.68 bits per heavy atom. The van der Waals surface area contributed by atoms with Crippen molar-refractivity contribution in [2.45, 2.75) is 13.8 Å². The van der Waals surface area contributed by atoms with E-state index in [9.17, 15) is 9.59 Å². The smallest absolute Gasteiger partial charge is 0.341 e. The van der Waals surface area contributed by atoms with Crippen molar-refractivity contribution in [3.05, 3.63) is 70.1 Å². The van der Waals surface area contributed by atoms with Crippen molar-refractivity contribution in [1.82, 2.24) is 0 Å². The predicted octanol–water partition coefficient (Wildman–Crippen LogP) is 5.08. The zero-order valence-corrected chi connectivity index (χ0v) is 17.0. The van der Waals surface area contributed by atoms with Gasteiger partial charge in [0.05, 0.1) is 14.2 Å². The van der Waals surface area contributed by atoms with Crippen molar-refractivity contribution in [2.24, 2.45) is 0 Å². The topological polar surface area (TPSA) is 64.6 Å². The molecule has 1 heterocycles. The van der Waals surface area contributed by atoms with Gasteiger partial charge in [0.1, 0.15) is 16.3 Å². The van der Waals surface area contributed by atoms with Crippen LogP contribution in [0.2, 0.25) is 0 Å². The molecule has 1 N–H and O–H groups in total. The maximum Gasteiger partial charge on any atom is 0.341 e. The molecule has 3 aromatic rings. The number of rotatable bonds is 5. The van der Waals surface area contributed by atoms with Gasteiger partial charge in [-0.25, -0.2) is 4.79 Å². The summed E-state index contributed by atoms with van der Waals surface area (Å²) in [6.45, 7) is 3.95. The van der Waals surface area contributed by atoms with Crippen LogP contribution in [0.5, 0.6) is 5.75 Å². The number of hydrogen-bond acceptors (Lipinski definition) is 5. The lowest BCUT2D eigenvalue weighted by Crippen LogP contribution is -2.14. The number of esters is 1. The number of amides is 1. The van der Waals surface area contributed by atoms with Gasteiger partial charge in [-0.15, -0.1) is 11.3 Å². The Balaban J connectivity index is 1.96. The predicted molar refractivity (Wildman–Crippen MR) is 112 cm³/mol. The molecule has 0 spiro atoms. The molecule has 5 nitrogen and oxygen atoms in total. The summed E-state index contributed by atoms with van der Waals surface area (Å²) in [5, 5.41) is 5.15. The van der Waals surface area contributed by atoms with E-state index >= 15 is 0 Å². The molecule has 0 unspecified atom stereocenters. The van der Waals surface area contributed by atoms with E-state index in [0.717, 1.165) is 22.4 Å². The van der Waals surface area contributed by atoms with Crippen LogP contribution < -0.4 is 10.1 Å². The molecule has 6 heteroatoms. The second-order valence-electron chi connectivity index (χ2n) is 6.33. The zero-order chi connectivity index (χ0) is 20.3. The van der Waals surface area contributed by atoms with Gasteiger partial charge in [0.25, 0.3) is 5.91 Å². The van der Waals surface area contributed by atoms with Crippen LogP contribution in [0.4, 0.5) is 5.00 Å². The standard InChI is InChI=1S/C22H21NO4S/c1-13-5-6-16(11-14(13)2)20(24)23-21-19(22(25)27-4)18(12-28-21)15-7-9-17(26-3)10-8-15/h5-12H,1-4H3,(H,23,24). The fraction of sp³-hybridized carbons (Fsp3) is 0.182. The van der Waals surface area contributed by atoms with Gasteiger partial charge in [-0.3, -0.25) is 4.79 Å². The first-order chi connectivity index (χ1) is 13.4. The number of carbonyl (C=O) groups excluding carboxylic acids is 2. The average Bonchev–Trinajstić information content (AvgIpc) is 3.12. The number of hydrogen-bond donors (Lipinski definition) is 1. The van der Waals surface area contributed by atoms with E-state index in [4.69, 9.17) is 9.47 Å². The van der Waals surface area contributed by atoms with Gasteiger partial charge in [-0.05, 0) is 54.8 Å². The maximum atomic E-state index is 12.7. The number of carbonyl (C=O) groups is 2. The number of thiophene rings is 1. The lowest BCUT2D eigenvalue weighted by Gasteiger charge is -2.09. The van der Waals surface area contributed by atoms with E-state index in [1.807, 2.05) is 55.6 Å². The second-order valence-corrected chi connectivity index (χ2v) is 7.21. The van der Waals surface area contributed by atoms with Crippen molar-refractivity contribution in [1.29, 1.82) is 0 Å². The van der Waals surface area contributed by atoms with E-state index in [0.29, 0.717) is 21.7 Å². The highest BCUT2D eigenvalue weighted by Gasteiger charge is 2.22. The Hall–Kier alpha value is -3.12. The van der Waals surface area contributed by atoms with E-state index in [2.05, 4.69) is 5.32 Å². The summed E-state index contributed by atoms with van der Waals surface area (Å²) >= 11 is 1.29. The Bertz CT molecular complexity index is 1020. The summed E-state index contributed by atoms with van der Waals surface area (Å²) in [4.78, 5) is 25.1. The van der Waals surface area contributed by atoms with Crippen LogP contribution in [-0.2, 0) is 4.74 Å². The number of aryl methyl sites for hydroxylation is 2. The fourth-order valence-electron chi connectivity index (χ4n) is 2.80. The van der Waals surface area contributed by atoms with Crippen molar-refractivity contribution >= 4 is 28.2 Å². The molecule has 0 radical (unpaired) electrons. The zero-order valence-electron chi connectivity index (χ0n) is 16.2. The summed E-state index contributed by atoms with van der Waals surface area (Å²) in [6.07, 6.45) is 0. The van der Waals surface area contributed by atoms with Crippen LogP contribution in [0.1, 0.15) is 31.8 Å². The number of methoxy groups -OCH3 is 2. The Morgan fingerprint density at radius 1 is 0.964 bits per heavy atom. The Kier molecular flexibility index (Phi) is 5.80. The largest absolute Gasteiger partial charge is 0.497 e. The van der Waals surface area contributed by atoms with Gasteiger partial charge in [0.2, 0.25) is 0 Å². The molecule has 0 aliphatic carbocycles. The van der Waals surface area contributed by atoms with E-state index in [1.165, 1.54) is 18.4 Å². The van der Waals surface area contributed by atoms with Gasteiger partial charge < -0.3 is 14.8 Å². The van der Waals surface area contributed by atoms with Crippen LogP contribution in [-0.4, -0.2) is 26.1 Å². The van der Waals surface area contributed by atoms with E-state index in [1.54, 1.807) is 13.2 Å². The monoisotopic (exact) mass is 395 g/mol. The van der Waals surface area contributed by atoms with Gasteiger partial charge in [0.15, 0.2) is 0 Å². The molecular weight excluding hydrogens is 374 g/mol. The lowest BCUT2D eigenvalue weighted by molar-refractivity contribution is 0.0603. The minimum Gasteiger partial charge on any atom is -0.497 e. The molecule has 28 heavy (non-hydrogen) atoms. The molecule has 0 atom stereocenters. The summed E-state index contributed by atoms with van der Waals surface area (Å²) in [5.41, 5.74) is 4.57. The molecule has 1 aromatic heterocycles.